The number of hydrogen-bond acceptors (Lipinski definition) is 4. The lowest BCUT2D eigenvalue weighted by Gasteiger charge is -2.34. The first-order valence-electron chi connectivity index (χ1n) is 7.00. The Morgan fingerprint density at radius 2 is 2.05 bits per heavy atom. The third-order valence-corrected chi connectivity index (χ3v) is 5.46. The highest BCUT2D eigenvalue weighted by Gasteiger charge is 2.39. The van der Waals surface area contributed by atoms with Crippen LogP contribution in [0.2, 0.25) is 0 Å². The summed E-state index contributed by atoms with van der Waals surface area (Å²) in [6.07, 6.45) is 3.01. The second-order valence-electron chi connectivity index (χ2n) is 5.68. The van der Waals surface area contributed by atoms with Gasteiger partial charge in [0.2, 0.25) is 10.0 Å². The fourth-order valence-corrected chi connectivity index (χ4v) is 4.20. The van der Waals surface area contributed by atoms with Crippen LogP contribution in [0.5, 0.6) is 5.75 Å². The van der Waals surface area contributed by atoms with Gasteiger partial charge in [0, 0.05) is 0 Å². The fraction of sp³-hybridized carbons (Fsp3) is 0.533. The molecule has 0 aromatic heterocycles. The minimum atomic E-state index is -3.71. The Kier molecular flexibility index (Phi) is 4.55. The van der Waals surface area contributed by atoms with Crippen LogP contribution < -0.4 is 9.46 Å². The highest BCUT2D eigenvalue weighted by Crippen LogP contribution is 2.33. The maximum Gasteiger partial charge on any atom is 0.241 e. The van der Waals surface area contributed by atoms with Gasteiger partial charge in [-0.1, -0.05) is 19.8 Å². The molecule has 2 rings (SSSR count). The molecule has 1 N–H and O–H groups in total. The number of nitrogens with zero attached hydrogens (tertiary/aromatic N) is 1. The molecule has 21 heavy (non-hydrogen) atoms. The van der Waals surface area contributed by atoms with Gasteiger partial charge in [-0.25, -0.2) is 8.42 Å². The van der Waals surface area contributed by atoms with Gasteiger partial charge in [-0.2, -0.15) is 9.98 Å². The number of methoxy groups -OCH3 is 1. The molecule has 5 nitrogen and oxygen atoms in total. The molecule has 0 saturated heterocycles. The minimum absolute atomic E-state index is 0.149. The van der Waals surface area contributed by atoms with Crippen LogP contribution in [-0.4, -0.2) is 21.1 Å². The Morgan fingerprint density at radius 1 is 1.38 bits per heavy atom. The Bertz CT molecular complexity index is 634. The number of ether oxygens (including phenoxy) is 1. The van der Waals surface area contributed by atoms with Crippen molar-refractivity contribution in [3.8, 4) is 11.8 Å². The van der Waals surface area contributed by atoms with Crippen molar-refractivity contribution in [1.29, 1.82) is 5.26 Å². The summed E-state index contributed by atoms with van der Waals surface area (Å²) < 4.78 is 32.6. The summed E-state index contributed by atoms with van der Waals surface area (Å²) in [5.41, 5.74) is -0.990. The molecular formula is C15H20N2O3S. The first-order chi connectivity index (χ1) is 9.91. The molecule has 1 aromatic rings. The Balaban J connectivity index is 2.24. The average Bonchev–Trinajstić information content (AvgIpc) is 2.47. The highest BCUT2D eigenvalue weighted by atomic mass is 32.2. The second kappa shape index (κ2) is 6.04. The predicted molar refractivity (Wildman–Crippen MR) is 79.3 cm³/mol. The van der Waals surface area contributed by atoms with Crippen LogP contribution >= 0.6 is 0 Å². The van der Waals surface area contributed by atoms with Crippen molar-refractivity contribution in [1.82, 2.24) is 4.72 Å². The maximum atomic E-state index is 12.5. The van der Waals surface area contributed by atoms with Crippen molar-refractivity contribution in [2.24, 2.45) is 5.92 Å². The van der Waals surface area contributed by atoms with Crippen LogP contribution in [0.15, 0.2) is 29.2 Å². The molecule has 1 aromatic carbocycles. The van der Waals surface area contributed by atoms with Gasteiger partial charge in [0.05, 0.1) is 18.1 Å². The number of benzene rings is 1. The van der Waals surface area contributed by atoms with E-state index < -0.39 is 15.6 Å². The van der Waals surface area contributed by atoms with E-state index in [-0.39, 0.29) is 4.90 Å². The van der Waals surface area contributed by atoms with Crippen LogP contribution in [0.3, 0.4) is 0 Å². The molecule has 1 aliphatic rings. The van der Waals surface area contributed by atoms with E-state index in [1.165, 1.54) is 19.2 Å². The van der Waals surface area contributed by atoms with E-state index in [9.17, 15) is 13.7 Å². The van der Waals surface area contributed by atoms with Crippen molar-refractivity contribution in [2.75, 3.05) is 7.11 Å². The summed E-state index contributed by atoms with van der Waals surface area (Å²) >= 11 is 0. The number of sulfonamides is 1. The topological polar surface area (TPSA) is 79.2 Å². The van der Waals surface area contributed by atoms with E-state index in [0.717, 1.165) is 12.8 Å². The molecule has 0 bridgehead atoms. The average molecular weight is 308 g/mol. The van der Waals surface area contributed by atoms with Gasteiger partial charge >= 0.3 is 0 Å². The molecule has 1 fully saturated rings. The van der Waals surface area contributed by atoms with Crippen LogP contribution in [-0.2, 0) is 10.0 Å². The molecule has 0 radical (unpaired) electrons. The van der Waals surface area contributed by atoms with Crippen molar-refractivity contribution in [3.63, 3.8) is 0 Å². The van der Waals surface area contributed by atoms with E-state index in [0.29, 0.717) is 24.5 Å². The van der Waals surface area contributed by atoms with E-state index in [4.69, 9.17) is 4.74 Å². The van der Waals surface area contributed by atoms with Gasteiger partial charge in [0.1, 0.15) is 11.3 Å². The molecule has 6 heteroatoms. The number of nitriles is 1. The number of hydrogen-bond donors (Lipinski definition) is 1. The number of nitrogens with one attached hydrogen (secondary N) is 1. The van der Waals surface area contributed by atoms with Crippen LogP contribution in [0.1, 0.15) is 32.6 Å². The smallest absolute Gasteiger partial charge is 0.241 e. The molecule has 2 atom stereocenters. The third-order valence-electron chi connectivity index (χ3n) is 3.91. The quantitative estimate of drug-likeness (QED) is 0.926. The zero-order chi connectivity index (χ0) is 15.5. The van der Waals surface area contributed by atoms with Gasteiger partial charge < -0.3 is 4.74 Å². The lowest BCUT2D eigenvalue weighted by Crippen LogP contribution is -2.49. The van der Waals surface area contributed by atoms with Crippen molar-refractivity contribution < 1.29 is 13.2 Å². The van der Waals surface area contributed by atoms with Crippen LogP contribution in [0.25, 0.3) is 0 Å². The van der Waals surface area contributed by atoms with E-state index in [2.05, 4.69) is 10.8 Å². The molecule has 114 valence electrons. The van der Waals surface area contributed by atoms with Crippen LogP contribution in [0.4, 0.5) is 0 Å². The predicted octanol–water partition coefficient (Wildman–Crippen LogP) is 2.45. The SMILES string of the molecule is COc1ccc(S(=O)(=O)N[C@]2(C#N)CCC[C@@H](C)C2)cc1. The van der Waals surface area contributed by atoms with Crippen molar-refractivity contribution in [3.05, 3.63) is 24.3 Å². The lowest BCUT2D eigenvalue weighted by atomic mass is 9.78. The number of rotatable bonds is 4. The van der Waals surface area contributed by atoms with Gasteiger partial charge in [-0.15, -0.1) is 0 Å². The van der Waals surface area contributed by atoms with Gasteiger partial charge in [0.25, 0.3) is 0 Å². The van der Waals surface area contributed by atoms with E-state index in [1.807, 2.05) is 6.92 Å². The first-order valence-corrected chi connectivity index (χ1v) is 8.48. The summed E-state index contributed by atoms with van der Waals surface area (Å²) in [5, 5.41) is 9.45. The Hall–Kier alpha value is -1.58. The maximum absolute atomic E-state index is 12.5. The van der Waals surface area contributed by atoms with Crippen molar-refractivity contribution in [2.45, 2.75) is 43.0 Å². The molecule has 0 aliphatic heterocycles. The zero-order valence-electron chi connectivity index (χ0n) is 12.3. The summed E-state index contributed by atoms with van der Waals surface area (Å²) in [7, 11) is -2.18. The van der Waals surface area contributed by atoms with Gasteiger partial charge in [-0.3, -0.25) is 0 Å². The van der Waals surface area contributed by atoms with Gasteiger partial charge in [-0.05, 0) is 43.0 Å². The lowest BCUT2D eigenvalue weighted by molar-refractivity contribution is 0.270. The normalized spacial score (nSPS) is 26.0. The standard InChI is InChI=1S/C15H20N2O3S/c1-12-4-3-9-15(10-12,11-16)17-21(18,19)14-7-5-13(20-2)6-8-14/h5-8,12,17H,3-4,9-10H2,1-2H3/t12-,15-/m1/s1. The molecule has 0 spiro atoms. The van der Waals surface area contributed by atoms with E-state index >= 15 is 0 Å². The molecule has 0 heterocycles. The summed E-state index contributed by atoms with van der Waals surface area (Å²) in [6.45, 7) is 2.05. The first kappa shape index (κ1) is 15.8. The summed E-state index contributed by atoms with van der Waals surface area (Å²) in [4.78, 5) is 0.149. The summed E-state index contributed by atoms with van der Waals surface area (Å²) in [6, 6.07) is 8.34. The Morgan fingerprint density at radius 3 is 2.57 bits per heavy atom. The fourth-order valence-electron chi connectivity index (χ4n) is 2.84. The Labute approximate surface area is 126 Å². The molecular weight excluding hydrogens is 288 g/mol. The molecule has 0 amide bonds. The van der Waals surface area contributed by atoms with Gasteiger partial charge in [0.15, 0.2) is 0 Å². The minimum Gasteiger partial charge on any atom is -0.497 e. The largest absolute Gasteiger partial charge is 0.497 e. The molecule has 1 aliphatic carbocycles. The highest BCUT2D eigenvalue weighted by molar-refractivity contribution is 7.89. The monoisotopic (exact) mass is 308 g/mol. The summed E-state index contributed by atoms with van der Waals surface area (Å²) in [5.74, 6) is 0.937. The zero-order valence-corrected chi connectivity index (χ0v) is 13.1. The third kappa shape index (κ3) is 3.55. The van der Waals surface area contributed by atoms with Crippen molar-refractivity contribution >= 4 is 10.0 Å². The van der Waals surface area contributed by atoms with Crippen LogP contribution in [0, 0.1) is 17.2 Å². The second-order valence-corrected chi connectivity index (χ2v) is 7.36. The molecule has 0 unspecified atom stereocenters. The van der Waals surface area contributed by atoms with E-state index in [1.54, 1.807) is 12.1 Å². The molecule has 1 saturated carbocycles.